The molecule has 2 N–H and O–H groups in total. The normalized spacial score (nSPS) is 17.3. The fourth-order valence-electron chi connectivity index (χ4n) is 2.62. The number of anilines is 1. The van der Waals surface area contributed by atoms with Gasteiger partial charge in [-0.25, -0.2) is 9.67 Å². The summed E-state index contributed by atoms with van der Waals surface area (Å²) >= 11 is 5.18. The van der Waals surface area contributed by atoms with E-state index in [1.165, 1.54) is 17.1 Å². The largest absolute Gasteiger partial charge is 0.416 e. The molecule has 0 spiro atoms. The molecule has 1 saturated heterocycles. The highest BCUT2D eigenvalue weighted by Crippen LogP contribution is 2.29. The number of nitrogens with zero attached hydrogens (tertiary/aromatic N) is 3. The van der Waals surface area contributed by atoms with Crippen LogP contribution in [-0.2, 0) is 17.5 Å². The van der Waals surface area contributed by atoms with Gasteiger partial charge in [-0.2, -0.15) is 13.2 Å². The molecule has 1 aromatic heterocycles. The molecule has 1 unspecified atom stereocenters. The minimum Gasteiger partial charge on any atom is -0.376 e. The number of benzene rings is 1. The molecule has 2 heterocycles. The predicted octanol–water partition coefficient (Wildman–Crippen LogP) is 2.81. The van der Waals surface area contributed by atoms with Gasteiger partial charge >= 0.3 is 6.18 Å². The average Bonchev–Trinajstić information content (AvgIpc) is 3.24. The first-order chi connectivity index (χ1) is 12.4. The number of nitrogens with one attached hydrogen (secondary N) is 2. The van der Waals surface area contributed by atoms with Crippen molar-refractivity contribution < 1.29 is 17.9 Å². The van der Waals surface area contributed by atoms with Crippen LogP contribution in [0.15, 0.2) is 30.6 Å². The number of hydrogen-bond acceptors (Lipinski definition) is 4. The molecule has 1 fully saturated rings. The van der Waals surface area contributed by atoms with E-state index >= 15 is 0 Å². The lowest BCUT2D eigenvalue weighted by atomic mass is 10.1. The van der Waals surface area contributed by atoms with Crippen molar-refractivity contribution >= 4 is 23.3 Å². The van der Waals surface area contributed by atoms with Crippen LogP contribution in [0.5, 0.6) is 0 Å². The Hall–Kier alpha value is -2.20. The summed E-state index contributed by atoms with van der Waals surface area (Å²) in [6, 6.07) is 5.12. The Labute approximate surface area is 153 Å². The van der Waals surface area contributed by atoms with Gasteiger partial charge in [-0.15, -0.1) is 5.10 Å². The second kappa shape index (κ2) is 8.00. The van der Waals surface area contributed by atoms with Crippen LogP contribution in [0.4, 0.5) is 19.1 Å². The Morgan fingerprint density at radius 2 is 2.23 bits per heavy atom. The van der Waals surface area contributed by atoms with E-state index in [0.717, 1.165) is 31.6 Å². The van der Waals surface area contributed by atoms with Crippen molar-refractivity contribution in [1.82, 2.24) is 20.1 Å². The lowest BCUT2D eigenvalue weighted by molar-refractivity contribution is -0.137. The van der Waals surface area contributed by atoms with E-state index in [2.05, 4.69) is 20.7 Å². The second-order valence-corrected chi connectivity index (χ2v) is 6.34. The summed E-state index contributed by atoms with van der Waals surface area (Å²) in [5.41, 5.74) is -0.205. The highest BCUT2D eigenvalue weighted by Gasteiger charge is 2.30. The first kappa shape index (κ1) is 18.6. The van der Waals surface area contributed by atoms with Gasteiger partial charge in [0.2, 0.25) is 5.95 Å². The molecule has 0 aliphatic carbocycles. The molecule has 1 aliphatic heterocycles. The number of ether oxygens (including phenoxy) is 1. The topological polar surface area (TPSA) is 64.0 Å². The summed E-state index contributed by atoms with van der Waals surface area (Å²) in [4.78, 5) is 4.06. The number of alkyl halides is 3. The molecule has 0 radical (unpaired) electrons. The van der Waals surface area contributed by atoms with Gasteiger partial charge in [-0.3, -0.25) is 5.32 Å². The monoisotopic (exact) mass is 385 g/mol. The molecule has 3 rings (SSSR count). The third kappa shape index (κ3) is 5.15. The molecule has 6 nitrogen and oxygen atoms in total. The molecule has 140 valence electrons. The summed E-state index contributed by atoms with van der Waals surface area (Å²) in [5.74, 6) is 0.279. The smallest absolute Gasteiger partial charge is 0.376 e. The molecule has 1 aromatic carbocycles. The van der Waals surface area contributed by atoms with Crippen LogP contribution in [-0.4, -0.2) is 39.1 Å². The van der Waals surface area contributed by atoms with Gasteiger partial charge in [0.05, 0.1) is 18.2 Å². The zero-order valence-corrected chi connectivity index (χ0v) is 14.6. The van der Waals surface area contributed by atoms with Crippen LogP contribution in [0.25, 0.3) is 0 Å². The Kier molecular flexibility index (Phi) is 5.72. The zero-order valence-electron chi connectivity index (χ0n) is 13.8. The van der Waals surface area contributed by atoms with E-state index in [1.54, 1.807) is 6.07 Å². The molecule has 0 bridgehead atoms. The van der Waals surface area contributed by atoms with E-state index in [9.17, 15) is 13.2 Å². The van der Waals surface area contributed by atoms with Crippen molar-refractivity contribution in [2.24, 2.45) is 0 Å². The number of halogens is 3. The maximum Gasteiger partial charge on any atom is 0.416 e. The van der Waals surface area contributed by atoms with Crippen molar-refractivity contribution in [2.45, 2.75) is 31.7 Å². The van der Waals surface area contributed by atoms with Gasteiger partial charge in [0.25, 0.3) is 0 Å². The number of thiocarbonyl (C=S) groups is 1. The molecule has 1 aliphatic rings. The van der Waals surface area contributed by atoms with E-state index in [-0.39, 0.29) is 18.6 Å². The Balaban J connectivity index is 1.53. The van der Waals surface area contributed by atoms with Gasteiger partial charge in [-0.1, -0.05) is 12.1 Å². The summed E-state index contributed by atoms with van der Waals surface area (Å²) in [6.45, 7) is 1.56. The van der Waals surface area contributed by atoms with Gasteiger partial charge in [-0.05, 0) is 42.8 Å². The lowest BCUT2D eigenvalue weighted by Crippen LogP contribution is -2.35. The Morgan fingerprint density at radius 3 is 2.96 bits per heavy atom. The highest BCUT2D eigenvalue weighted by atomic mass is 32.1. The van der Waals surface area contributed by atoms with Crippen LogP contribution in [0.3, 0.4) is 0 Å². The maximum atomic E-state index is 12.8. The summed E-state index contributed by atoms with van der Waals surface area (Å²) in [5, 5.41) is 10.4. The van der Waals surface area contributed by atoms with Crippen molar-refractivity contribution in [3.8, 4) is 0 Å². The SMILES string of the molecule is FC(F)(F)c1cccc(Cn2cnc(NC(=S)NCC3CCCO3)n2)c1. The van der Waals surface area contributed by atoms with Crippen molar-refractivity contribution in [2.75, 3.05) is 18.5 Å². The predicted molar refractivity (Wildman–Crippen MR) is 93.8 cm³/mol. The fraction of sp³-hybridized carbons (Fsp3) is 0.438. The lowest BCUT2D eigenvalue weighted by Gasteiger charge is -2.12. The zero-order chi connectivity index (χ0) is 18.6. The van der Waals surface area contributed by atoms with Crippen LogP contribution in [0.2, 0.25) is 0 Å². The van der Waals surface area contributed by atoms with Crippen LogP contribution >= 0.6 is 12.2 Å². The third-order valence-corrected chi connectivity index (χ3v) is 4.12. The van der Waals surface area contributed by atoms with Crippen molar-refractivity contribution in [1.29, 1.82) is 0 Å². The van der Waals surface area contributed by atoms with Gasteiger partial charge in [0, 0.05) is 13.2 Å². The van der Waals surface area contributed by atoms with Gasteiger partial charge < -0.3 is 10.1 Å². The third-order valence-electron chi connectivity index (χ3n) is 3.87. The fourth-order valence-corrected chi connectivity index (χ4v) is 2.79. The second-order valence-electron chi connectivity index (χ2n) is 5.93. The number of aromatic nitrogens is 3. The standard InChI is InChI=1S/C16H18F3N5OS/c17-16(18,19)12-4-1-3-11(7-12)9-24-10-21-14(23-24)22-15(26)20-8-13-5-2-6-25-13/h1,3-4,7,10,13H,2,5-6,8-9H2,(H2,20,22,23,26). The summed E-state index contributed by atoms with van der Waals surface area (Å²) in [6.07, 6.45) is -0.730. The number of rotatable bonds is 5. The first-order valence-electron chi connectivity index (χ1n) is 8.12. The van der Waals surface area contributed by atoms with Gasteiger partial charge in [0.1, 0.15) is 6.33 Å². The summed E-state index contributed by atoms with van der Waals surface area (Å²) < 4.78 is 45.2. The Bertz CT molecular complexity index is 758. The highest BCUT2D eigenvalue weighted by molar-refractivity contribution is 7.80. The molecule has 10 heteroatoms. The molecule has 1 atom stereocenters. The van der Waals surface area contributed by atoms with Crippen LogP contribution in [0.1, 0.15) is 24.0 Å². The van der Waals surface area contributed by atoms with E-state index in [0.29, 0.717) is 17.2 Å². The first-order valence-corrected chi connectivity index (χ1v) is 8.53. The van der Waals surface area contributed by atoms with E-state index < -0.39 is 11.7 Å². The molecular weight excluding hydrogens is 367 g/mol. The van der Waals surface area contributed by atoms with Gasteiger partial charge in [0.15, 0.2) is 5.11 Å². The van der Waals surface area contributed by atoms with Crippen molar-refractivity contribution in [3.05, 3.63) is 41.7 Å². The molecule has 26 heavy (non-hydrogen) atoms. The molecule has 0 amide bonds. The minimum absolute atomic E-state index is 0.154. The van der Waals surface area contributed by atoms with Crippen LogP contribution in [0, 0.1) is 0 Å². The maximum absolute atomic E-state index is 12.8. The molecule has 2 aromatic rings. The number of hydrogen-bond donors (Lipinski definition) is 2. The Morgan fingerprint density at radius 1 is 1.38 bits per heavy atom. The van der Waals surface area contributed by atoms with Crippen LogP contribution < -0.4 is 10.6 Å². The molecule has 0 saturated carbocycles. The summed E-state index contributed by atoms with van der Waals surface area (Å²) in [7, 11) is 0. The van der Waals surface area contributed by atoms with Crippen molar-refractivity contribution in [3.63, 3.8) is 0 Å². The average molecular weight is 385 g/mol. The van der Waals surface area contributed by atoms with E-state index in [4.69, 9.17) is 17.0 Å². The molecular formula is C16H18F3N5OS. The quantitative estimate of drug-likeness (QED) is 0.772. The van der Waals surface area contributed by atoms with E-state index in [1.807, 2.05) is 0 Å². The minimum atomic E-state index is -4.37.